The Morgan fingerprint density at radius 2 is 0.926 bits per heavy atom. The smallest absolute Gasteiger partial charge is 0.161 e. The van der Waals surface area contributed by atoms with Gasteiger partial charge in [0.25, 0.3) is 0 Å². The van der Waals surface area contributed by atoms with Crippen molar-refractivity contribution in [2.75, 3.05) is 28.4 Å². The van der Waals surface area contributed by atoms with Gasteiger partial charge >= 0.3 is 0 Å². The predicted octanol–water partition coefficient (Wildman–Crippen LogP) is 4.90. The largest absolute Gasteiger partial charge is 0.493 e. The summed E-state index contributed by atoms with van der Waals surface area (Å²) in [6.45, 7) is 0. The highest BCUT2D eigenvalue weighted by atomic mass is 16.5. The van der Waals surface area contributed by atoms with Gasteiger partial charge in [0, 0.05) is 5.92 Å². The molecule has 0 unspecified atom stereocenters. The molecule has 3 rings (SSSR count). The van der Waals surface area contributed by atoms with Gasteiger partial charge < -0.3 is 18.9 Å². The van der Waals surface area contributed by atoms with Gasteiger partial charge in [-0.05, 0) is 41.0 Å². The second-order valence-corrected chi connectivity index (χ2v) is 6.07. The monoisotopic (exact) mass is 364 g/mol. The third-order valence-corrected chi connectivity index (χ3v) is 4.61. The Balaban J connectivity index is 2.16. The van der Waals surface area contributed by atoms with E-state index in [4.69, 9.17) is 18.9 Å². The summed E-state index contributed by atoms with van der Waals surface area (Å²) in [5, 5.41) is 0. The van der Waals surface area contributed by atoms with E-state index in [1.54, 1.807) is 28.4 Å². The lowest BCUT2D eigenvalue weighted by Gasteiger charge is -2.21. The van der Waals surface area contributed by atoms with Crippen LogP contribution in [0.4, 0.5) is 0 Å². The number of hydrogen-bond acceptors (Lipinski definition) is 4. The van der Waals surface area contributed by atoms with Crippen LogP contribution in [0.15, 0.2) is 66.7 Å². The third-order valence-electron chi connectivity index (χ3n) is 4.61. The molecule has 0 saturated carbocycles. The van der Waals surface area contributed by atoms with Crippen LogP contribution in [0.3, 0.4) is 0 Å². The van der Waals surface area contributed by atoms with Crippen LogP contribution in [0.1, 0.15) is 22.6 Å². The molecule has 3 aromatic carbocycles. The Kier molecular flexibility index (Phi) is 5.87. The molecule has 0 aliphatic heterocycles. The lowest BCUT2D eigenvalue weighted by molar-refractivity contribution is 0.354. The van der Waals surface area contributed by atoms with E-state index in [2.05, 4.69) is 24.3 Å². The Bertz CT molecular complexity index is 835. The summed E-state index contributed by atoms with van der Waals surface area (Å²) < 4.78 is 21.8. The first-order valence-electron chi connectivity index (χ1n) is 8.70. The topological polar surface area (TPSA) is 36.9 Å². The zero-order valence-corrected chi connectivity index (χ0v) is 16.1. The van der Waals surface area contributed by atoms with Gasteiger partial charge in [0.15, 0.2) is 23.0 Å². The highest BCUT2D eigenvalue weighted by molar-refractivity contribution is 5.53. The molecule has 0 aromatic heterocycles. The normalized spacial score (nSPS) is 10.6. The van der Waals surface area contributed by atoms with Crippen LogP contribution >= 0.6 is 0 Å². The van der Waals surface area contributed by atoms with Crippen molar-refractivity contribution in [2.24, 2.45) is 0 Å². The molecule has 0 aliphatic carbocycles. The number of rotatable bonds is 7. The molecular formula is C23H24O4. The molecular weight excluding hydrogens is 340 g/mol. The van der Waals surface area contributed by atoms with Gasteiger partial charge in [0.1, 0.15) is 0 Å². The second-order valence-electron chi connectivity index (χ2n) is 6.07. The fourth-order valence-corrected chi connectivity index (χ4v) is 3.29. The number of methoxy groups -OCH3 is 4. The molecule has 0 saturated heterocycles. The lowest BCUT2D eigenvalue weighted by Crippen LogP contribution is -2.05. The van der Waals surface area contributed by atoms with Crippen LogP contribution in [0, 0.1) is 0 Å². The third kappa shape index (κ3) is 3.85. The Hall–Kier alpha value is -3.14. The van der Waals surface area contributed by atoms with Gasteiger partial charge in [-0.15, -0.1) is 0 Å². The Labute approximate surface area is 160 Å². The first-order valence-corrected chi connectivity index (χ1v) is 8.70. The van der Waals surface area contributed by atoms with Gasteiger partial charge in [0.05, 0.1) is 28.4 Å². The van der Waals surface area contributed by atoms with Crippen molar-refractivity contribution in [3.05, 3.63) is 83.4 Å². The number of hydrogen-bond donors (Lipinski definition) is 0. The van der Waals surface area contributed by atoms with Crippen LogP contribution in [0.25, 0.3) is 0 Å². The maximum Gasteiger partial charge on any atom is 0.161 e. The highest BCUT2D eigenvalue weighted by Gasteiger charge is 2.20. The fourth-order valence-electron chi connectivity index (χ4n) is 3.29. The molecule has 0 amide bonds. The first-order chi connectivity index (χ1) is 13.2. The SMILES string of the molecule is COc1ccc(C(c2ccccc2)c2ccc(OC)c(OC)c2)cc1OC. The molecule has 0 N–H and O–H groups in total. The second kappa shape index (κ2) is 8.49. The summed E-state index contributed by atoms with van der Waals surface area (Å²) in [5.74, 6) is 2.85. The van der Waals surface area contributed by atoms with Crippen molar-refractivity contribution in [2.45, 2.75) is 5.92 Å². The molecule has 140 valence electrons. The molecule has 0 spiro atoms. The predicted molar refractivity (Wildman–Crippen MR) is 106 cm³/mol. The van der Waals surface area contributed by atoms with Crippen molar-refractivity contribution in [3.8, 4) is 23.0 Å². The fraction of sp³-hybridized carbons (Fsp3) is 0.217. The van der Waals surface area contributed by atoms with Gasteiger partial charge in [0.2, 0.25) is 0 Å². The van der Waals surface area contributed by atoms with Gasteiger partial charge in [-0.2, -0.15) is 0 Å². The zero-order valence-electron chi connectivity index (χ0n) is 16.1. The average molecular weight is 364 g/mol. The minimum atomic E-state index is 0.0193. The number of benzene rings is 3. The van der Waals surface area contributed by atoms with Crippen molar-refractivity contribution in [1.29, 1.82) is 0 Å². The van der Waals surface area contributed by atoms with Crippen LogP contribution in [-0.4, -0.2) is 28.4 Å². The van der Waals surface area contributed by atoms with Crippen molar-refractivity contribution in [3.63, 3.8) is 0 Å². The zero-order chi connectivity index (χ0) is 19.2. The minimum absolute atomic E-state index is 0.0193. The van der Waals surface area contributed by atoms with Crippen molar-refractivity contribution >= 4 is 0 Å². The summed E-state index contributed by atoms with van der Waals surface area (Å²) in [7, 11) is 6.58. The molecule has 0 heterocycles. The van der Waals surface area contributed by atoms with Gasteiger partial charge in [-0.25, -0.2) is 0 Å². The quantitative estimate of drug-likeness (QED) is 0.559. The summed E-state index contributed by atoms with van der Waals surface area (Å²) in [5.41, 5.74) is 3.38. The van der Waals surface area contributed by atoms with E-state index in [9.17, 15) is 0 Å². The van der Waals surface area contributed by atoms with E-state index in [1.165, 1.54) is 5.56 Å². The lowest BCUT2D eigenvalue weighted by atomic mass is 9.85. The molecule has 27 heavy (non-hydrogen) atoms. The van der Waals surface area contributed by atoms with Crippen molar-refractivity contribution in [1.82, 2.24) is 0 Å². The molecule has 0 atom stereocenters. The van der Waals surface area contributed by atoms with Crippen LogP contribution in [0.2, 0.25) is 0 Å². The summed E-state index contributed by atoms with van der Waals surface area (Å²) >= 11 is 0. The van der Waals surface area contributed by atoms with Crippen LogP contribution < -0.4 is 18.9 Å². The van der Waals surface area contributed by atoms with E-state index in [-0.39, 0.29) is 5.92 Å². The van der Waals surface area contributed by atoms with Crippen LogP contribution in [-0.2, 0) is 0 Å². The molecule has 0 bridgehead atoms. The first kappa shape index (κ1) is 18.6. The molecule has 4 heteroatoms. The van der Waals surface area contributed by atoms with Gasteiger partial charge in [-0.3, -0.25) is 0 Å². The summed E-state index contributed by atoms with van der Waals surface area (Å²) in [6.07, 6.45) is 0. The highest BCUT2D eigenvalue weighted by Crippen LogP contribution is 2.39. The number of ether oxygens (including phenoxy) is 4. The molecule has 3 aromatic rings. The Morgan fingerprint density at radius 1 is 0.481 bits per heavy atom. The van der Waals surface area contributed by atoms with E-state index in [0.717, 1.165) is 11.1 Å². The maximum atomic E-state index is 5.51. The van der Waals surface area contributed by atoms with E-state index >= 15 is 0 Å². The molecule has 0 radical (unpaired) electrons. The summed E-state index contributed by atoms with van der Waals surface area (Å²) in [6, 6.07) is 22.4. The minimum Gasteiger partial charge on any atom is -0.493 e. The van der Waals surface area contributed by atoms with Crippen molar-refractivity contribution < 1.29 is 18.9 Å². The molecule has 4 nitrogen and oxygen atoms in total. The van der Waals surface area contributed by atoms with E-state index in [1.807, 2.05) is 42.5 Å². The summed E-state index contributed by atoms with van der Waals surface area (Å²) in [4.78, 5) is 0. The van der Waals surface area contributed by atoms with E-state index in [0.29, 0.717) is 23.0 Å². The molecule has 0 aliphatic rings. The standard InChI is InChI=1S/C23H24O4/c1-24-19-12-10-17(14-21(19)26-3)23(16-8-6-5-7-9-16)18-11-13-20(25-2)22(15-18)27-4/h5-15,23H,1-4H3. The Morgan fingerprint density at radius 3 is 1.33 bits per heavy atom. The van der Waals surface area contributed by atoms with Crippen LogP contribution in [0.5, 0.6) is 23.0 Å². The average Bonchev–Trinajstić information content (AvgIpc) is 2.74. The molecule has 0 fully saturated rings. The van der Waals surface area contributed by atoms with Gasteiger partial charge in [-0.1, -0.05) is 42.5 Å². The van der Waals surface area contributed by atoms with E-state index < -0.39 is 0 Å². The maximum absolute atomic E-state index is 5.51.